The van der Waals surface area contributed by atoms with Crippen molar-refractivity contribution in [3.63, 3.8) is 0 Å². The molecule has 9 nitrogen and oxygen atoms in total. The molecule has 0 radical (unpaired) electrons. The Balaban J connectivity index is 1.44. The highest BCUT2D eigenvalue weighted by Crippen LogP contribution is 2.50. The summed E-state index contributed by atoms with van der Waals surface area (Å²) in [6, 6.07) is 6.00. The Morgan fingerprint density at radius 1 is 1.03 bits per heavy atom. The minimum Gasteiger partial charge on any atom is -0.478 e. The second kappa shape index (κ2) is 9.66. The van der Waals surface area contributed by atoms with E-state index in [9.17, 15) is 35.1 Å². The first-order valence-electron chi connectivity index (χ1n) is 10.9. The van der Waals surface area contributed by atoms with Gasteiger partial charge in [-0.3, -0.25) is 4.79 Å². The SMILES string of the molecule is O=C(O)c1ccccc1C(=O)NC1C2CCC(C2)C1CS[C@@H]1OC(CO)[C@H](O)C(O)C1O. The molecule has 7 unspecified atom stereocenters. The number of amides is 1. The summed E-state index contributed by atoms with van der Waals surface area (Å²) in [7, 11) is 0. The molecule has 2 bridgehead atoms. The highest BCUT2D eigenvalue weighted by molar-refractivity contribution is 7.99. The van der Waals surface area contributed by atoms with Crippen molar-refractivity contribution < 1.29 is 39.9 Å². The van der Waals surface area contributed by atoms with Gasteiger partial charge in [-0.05, 0) is 49.1 Å². The van der Waals surface area contributed by atoms with Crippen LogP contribution in [0.15, 0.2) is 24.3 Å². The van der Waals surface area contributed by atoms with E-state index >= 15 is 0 Å². The summed E-state index contributed by atoms with van der Waals surface area (Å²) in [6.45, 7) is -0.474. The van der Waals surface area contributed by atoms with Gasteiger partial charge < -0.3 is 35.6 Å². The third-order valence-corrected chi connectivity index (χ3v) is 8.39. The minimum absolute atomic E-state index is 0.0413. The van der Waals surface area contributed by atoms with Gasteiger partial charge in [0.1, 0.15) is 29.9 Å². The van der Waals surface area contributed by atoms with Crippen LogP contribution < -0.4 is 5.32 Å². The van der Waals surface area contributed by atoms with Crippen LogP contribution in [0.3, 0.4) is 0 Å². The summed E-state index contributed by atoms with van der Waals surface area (Å²) in [5, 5.41) is 52.1. The maximum absolute atomic E-state index is 12.9. The molecule has 10 heteroatoms. The van der Waals surface area contributed by atoms with Crippen molar-refractivity contribution in [2.45, 2.75) is 55.2 Å². The van der Waals surface area contributed by atoms with Gasteiger partial charge in [0.05, 0.1) is 17.7 Å². The number of hydrogen-bond acceptors (Lipinski definition) is 8. The van der Waals surface area contributed by atoms with Crippen LogP contribution in [0, 0.1) is 17.8 Å². The van der Waals surface area contributed by atoms with E-state index in [0.717, 1.165) is 19.3 Å². The standard InChI is InChI=1S/C22H29NO8S/c24-8-15-17(25)18(26)19(27)22(31-15)32-9-14-10-5-6-11(7-10)16(14)23-20(28)12-3-1-2-4-13(12)21(29)30/h1-4,10-11,14-19,22,24-27H,5-9H2,(H,23,28)(H,29,30)/t10?,11?,14?,15?,16?,17-,18?,19?,22-/m0/s1. The van der Waals surface area contributed by atoms with E-state index < -0.39 is 48.3 Å². The first kappa shape index (κ1) is 23.5. The number of benzene rings is 1. The predicted octanol–water partition coefficient (Wildman–Crippen LogP) is 0.0624. The molecule has 1 aliphatic heterocycles. The largest absolute Gasteiger partial charge is 0.478 e. The molecule has 176 valence electrons. The number of carboxylic acid groups (broad SMARTS) is 1. The van der Waals surface area contributed by atoms with Crippen LogP contribution in [0.2, 0.25) is 0 Å². The maximum Gasteiger partial charge on any atom is 0.336 e. The van der Waals surface area contributed by atoms with Gasteiger partial charge in [-0.15, -0.1) is 11.8 Å². The number of carbonyl (C=O) groups excluding carboxylic acids is 1. The van der Waals surface area contributed by atoms with Crippen LogP contribution in [-0.2, 0) is 4.74 Å². The normalized spacial score (nSPS) is 38.6. The molecule has 32 heavy (non-hydrogen) atoms. The van der Waals surface area contributed by atoms with Crippen LogP contribution in [-0.4, -0.2) is 85.7 Å². The van der Waals surface area contributed by atoms with E-state index in [1.165, 1.54) is 23.9 Å². The monoisotopic (exact) mass is 467 g/mol. The van der Waals surface area contributed by atoms with Gasteiger partial charge in [-0.1, -0.05) is 12.1 Å². The van der Waals surface area contributed by atoms with Gasteiger partial charge in [-0.25, -0.2) is 4.79 Å². The van der Waals surface area contributed by atoms with Crippen LogP contribution in [0.25, 0.3) is 0 Å². The van der Waals surface area contributed by atoms with Crippen molar-refractivity contribution in [1.82, 2.24) is 5.32 Å². The zero-order valence-electron chi connectivity index (χ0n) is 17.4. The van der Waals surface area contributed by atoms with E-state index in [4.69, 9.17) is 4.74 Å². The van der Waals surface area contributed by atoms with E-state index in [0.29, 0.717) is 17.6 Å². The summed E-state index contributed by atoms with van der Waals surface area (Å²) in [4.78, 5) is 24.4. The lowest BCUT2D eigenvalue weighted by Crippen LogP contribution is -2.57. The molecule has 6 N–H and O–H groups in total. The van der Waals surface area contributed by atoms with Gasteiger partial charge in [0.2, 0.25) is 0 Å². The molecule has 0 aromatic heterocycles. The van der Waals surface area contributed by atoms with E-state index in [1.54, 1.807) is 12.1 Å². The quantitative estimate of drug-likeness (QED) is 0.326. The topological polar surface area (TPSA) is 157 Å². The van der Waals surface area contributed by atoms with Crippen molar-refractivity contribution in [1.29, 1.82) is 0 Å². The number of aliphatic hydroxyl groups excluding tert-OH is 4. The molecule has 9 atom stereocenters. The van der Waals surface area contributed by atoms with Crippen LogP contribution in [0.1, 0.15) is 40.0 Å². The first-order valence-corrected chi connectivity index (χ1v) is 11.9. The Morgan fingerprint density at radius 3 is 2.41 bits per heavy atom. The summed E-state index contributed by atoms with van der Waals surface area (Å²) in [5.41, 5.74) is -0.725. The first-order chi connectivity index (χ1) is 15.3. The number of rotatable bonds is 7. The Hall–Kier alpha value is -1.69. The average molecular weight is 468 g/mol. The number of aromatic carboxylic acids is 1. The number of fused-ring (bicyclic) bond motifs is 2. The lowest BCUT2D eigenvalue weighted by atomic mass is 9.85. The summed E-state index contributed by atoms with van der Waals surface area (Å²) >= 11 is 1.30. The zero-order valence-corrected chi connectivity index (χ0v) is 18.2. The van der Waals surface area contributed by atoms with Crippen LogP contribution in [0.4, 0.5) is 0 Å². The van der Waals surface area contributed by atoms with Gasteiger partial charge in [-0.2, -0.15) is 0 Å². The van der Waals surface area contributed by atoms with Gasteiger partial charge in [0, 0.05) is 11.8 Å². The molecular formula is C22H29NO8S. The molecule has 4 rings (SSSR count). The van der Waals surface area contributed by atoms with Crippen molar-refractivity contribution in [2.75, 3.05) is 12.4 Å². The van der Waals surface area contributed by atoms with Crippen molar-refractivity contribution in [3.05, 3.63) is 35.4 Å². The summed E-state index contributed by atoms with van der Waals surface area (Å²) in [6.07, 6.45) is -2.04. The number of carboxylic acids is 1. The molecule has 3 fully saturated rings. The third-order valence-electron chi connectivity index (χ3n) is 7.09. The summed E-state index contributed by atoms with van der Waals surface area (Å²) < 4.78 is 5.60. The van der Waals surface area contributed by atoms with Crippen LogP contribution >= 0.6 is 11.8 Å². The fourth-order valence-electron chi connectivity index (χ4n) is 5.38. The Kier molecular flexibility index (Phi) is 7.09. The van der Waals surface area contributed by atoms with Crippen molar-refractivity contribution >= 4 is 23.6 Å². The number of thioether (sulfide) groups is 1. The maximum atomic E-state index is 12.9. The average Bonchev–Trinajstić information content (AvgIpc) is 3.39. The number of aliphatic hydroxyl groups is 4. The van der Waals surface area contributed by atoms with Gasteiger partial charge in [0.15, 0.2) is 0 Å². The van der Waals surface area contributed by atoms with Gasteiger partial charge in [0.25, 0.3) is 5.91 Å². The molecular weight excluding hydrogens is 438 g/mol. The molecule has 1 aromatic rings. The molecule has 2 saturated carbocycles. The number of nitrogens with one attached hydrogen (secondary N) is 1. The Bertz CT molecular complexity index is 851. The van der Waals surface area contributed by atoms with Crippen molar-refractivity contribution in [3.8, 4) is 0 Å². The van der Waals surface area contributed by atoms with E-state index in [2.05, 4.69) is 5.32 Å². The molecule has 1 aromatic carbocycles. The molecule has 1 saturated heterocycles. The molecule has 2 aliphatic carbocycles. The molecule has 1 amide bonds. The fraction of sp³-hybridized carbons (Fsp3) is 0.636. The fourth-order valence-corrected chi connectivity index (χ4v) is 6.85. The van der Waals surface area contributed by atoms with Crippen LogP contribution in [0.5, 0.6) is 0 Å². The Morgan fingerprint density at radius 2 is 1.72 bits per heavy atom. The second-order valence-corrected chi connectivity index (χ2v) is 10.0. The van der Waals surface area contributed by atoms with E-state index in [1.807, 2.05) is 0 Å². The lowest BCUT2D eigenvalue weighted by molar-refractivity contribution is -0.205. The Labute approximate surface area is 189 Å². The molecule has 3 aliphatic rings. The minimum atomic E-state index is -1.42. The smallest absolute Gasteiger partial charge is 0.336 e. The summed E-state index contributed by atoms with van der Waals surface area (Å²) in [5.74, 6) is -0.206. The second-order valence-electron chi connectivity index (χ2n) is 8.88. The third kappa shape index (κ3) is 4.40. The zero-order chi connectivity index (χ0) is 23.0. The predicted molar refractivity (Wildman–Crippen MR) is 115 cm³/mol. The molecule has 0 spiro atoms. The van der Waals surface area contributed by atoms with Gasteiger partial charge >= 0.3 is 5.97 Å². The van der Waals surface area contributed by atoms with Crippen molar-refractivity contribution in [2.24, 2.45) is 17.8 Å². The number of carbonyl (C=O) groups is 2. The lowest BCUT2D eigenvalue weighted by Gasteiger charge is -2.40. The highest BCUT2D eigenvalue weighted by atomic mass is 32.2. The highest BCUT2D eigenvalue weighted by Gasteiger charge is 2.49. The molecule has 1 heterocycles. The van der Waals surface area contributed by atoms with E-state index in [-0.39, 0.29) is 23.1 Å². The number of hydrogen-bond donors (Lipinski definition) is 6. The number of ether oxygens (including phenoxy) is 1.